The van der Waals surface area contributed by atoms with Gasteiger partial charge in [0.25, 0.3) is 0 Å². The maximum atomic E-state index is 11.8. The van der Waals surface area contributed by atoms with Gasteiger partial charge in [0.15, 0.2) is 0 Å². The third-order valence-corrected chi connectivity index (χ3v) is 3.34. The number of carbonyl (C=O) groups is 1. The van der Waals surface area contributed by atoms with Crippen LogP contribution in [0, 0.1) is 6.92 Å². The Morgan fingerprint density at radius 1 is 1.69 bits per heavy atom. The first-order valence-corrected chi connectivity index (χ1v) is 5.37. The van der Waals surface area contributed by atoms with Gasteiger partial charge in [0.2, 0.25) is 5.78 Å². The molecular formula is C10H12O2S. The number of ether oxygens (including phenoxy) is 1. The van der Waals surface area contributed by atoms with E-state index in [1.165, 1.54) is 11.3 Å². The van der Waals surface area contributed by atoms with E-state index >= 15 is 0 Å². The van der Waals surface area contributed by atoms with Crippen molar-refractivity contribution in [2.75, 3.05) is 6.61 Å². The minimum atomic E-state index is -0.169. The summed E-state index contributed by atoms with van der Waals surface area (Å²) < 4.78 is 5.35. The number of thiophene rings is 1. The first-order chi connectivity index (χ1) is 6.29. The Labute approximate surface area is 81.5 Å². The highest BCUT2D eigenvalue weighted by Crippen LogP contribution is 2.23. The summed E-state index contributed by atoms with van der Waals surface area (Å²) in [5, 5.41) is 1.96. The summed E-state index contributed by atoms with van der Waals surface area (Å²) in [6.07, 6.45) is 1.73. The van der Waals surface area contributed by atoms with Crippen molar-refractivity contribution < 1.29 is 9.53 Å². The number of carbonyl (C=O) groups excluding carboxylic acids is 1. The molecule has 1 aromatic heterocycles. The first-order valence-electron chi connectivity index (χ1n) is 4.49. The second-order valence-corrected chi connectivity index (χ2v) is 4.21. The topological polar surface area (TPSA) is 26.3 Å². The highest BCUT2D eigenvalue weighted by molar-refractivity contribution is 7.12. The van der Waals surface area contributed by atoms with Gasteiger partial charge in [-0.2, -0.15) is 0 Å². The molecule has 2 rings (SSSR count). The van der Waals surface area contributed by atoms with Gasteiger partial charge in [-0.1, -0.05) is 0 Å². The van der Waals surface area contributed by atoms with Gasteiger partial charge in [-0.3, -0.25) is 4.79 Å². The minimum Gasteiger partial charge on any atom is -0.370 e. The summed E-state index contributed by atoms with van der Waals surface area (Å²) in [5.41, 5.74) is 1.07. The van der Waals surface area contributed by atoms with Crippen LogP contribution >= 0.6 is 11.3 Å². The molecule has 0 aliphatic carbocycles. The smallest absolute Gasteiger partial charge is 0.201 e. The molecule has 1 aliphatic rings. The Bertz CT molecular complexity index is 310. The monoisotopic (exact) mass is 196 g/mol. The molecule has 1 unspecified atom stereocenters. The molecule has 0 N–H and O–H groups in total. The molecule has 0 saturated carbocycles. The van der Waals surface area contributed by atoms with Crippen LogP contribution in [-0.4, -0.2) is 18.5 Å². The third kappa shape index (κ3) is 1.67. The Hall–Kier alpha value is -0.670. The van der Waals surface area contributed by atoms with Crippen molar-refractivity contribution >= 4 is 17.1 Å². The van der Waals surface area contributed by atoms with Crippen LogP contribution in [0.5, 0.6) is 0 Å². The fraction of sp³-hybridized carbons (Fsp3) is 0.500. The van der Waals surface area contributed by atoms with Crippen molar-refractivity contribution in [1.29, 1.82) is 0 Å². The van der Waals surface area contributed by atoms with E-state index < -0.39 is 0 Å². The van der Waals surface area contributed by atoms with E-state index in [0.717, 1.165) is 29.9 Å². The van der Waals surface area contributed by atoms with Gasteiger partial charge >= 0.3 is 0 Å². The molecule has 0 amide bonds. The lowest BCUT2D eigenvalue weighted by Crippen LogP contribution is -2.18. The lowest BCUT2D eigenvalue weighted by atomic mass is 10.1. The maximum absolute atomic E-state index is 11.8. The average molecular weight is 196 g/mol. The molecule has 1 aliphatic heterocycles. The summed E-state index contributed by atoms with van der Waals surface area (Å²) in [6, 6.07) is 1.98. The summed E-state index contributed by atoms with van der Waals surface area (Å²) in [7, 11) is 0. The standard InChI is InChI=1S/C10H12O2S/c1-7-4-6-13-10(7)9(11)8-3-2-5-12-8/h4,6,8H,2-3,5H2,1H3. The fourth-order valence-electron chi connectivity index (χ4n) is 1.56. The zero-order valence-corrected chi connectivity index (χ0v) is 8.39. The van der Waals surface area contributed by atoms with Crippen LogP contribution in [-0.2, 0) is 4.74 Å². The predicted octanol–water partition coefficient (Wildman–Crippen LogP) is 2.42. The third-order valence-electron chi connectivity index (χ3n) is 2.31. The maximum Gasteiger partial charge on any atom is 0.201 e. The molecule has 0 radical (unpaired) electrons. The van der Waals surface area contributed by atoms with E-state index in [2.05, 4.69) is 0 Å². The summed E-state index contributed by atoms with van der Waals surface area (Å²) in [4.78, 5) is 12.7. The fourth-order valence-corrected chi connectivity index (χ4v) is 2.47. The highest BCUT2D eigenvalue weighted by atomic mass is 32.1. The van der Waals surface area contributed by atoms with Crippen molar-refractivity contribution in [3.63, 3.8) is 0 Å². The molecule has 13 heavy (non-hydrogen) atoms. The van der Waals surface area contributed by atoms with Crippen LogP contribution in [0.1, 0.15) is 28.1 Å². The molecule has 1 aromatic rings. The number of ketones is 1. The summed E-state index contributed by atoms with van der Waals surface area (Å²) in [6.45, 7) is 2.71. The Balaban J connectivity index is 2.17. The van der Waals surface area contributed by atoms with E-state index in [4.69, 9.17) is 4.74 Å². The van der Waals surface area contributed by atoms with E-state index in [1.54, 1.807) is 0 Å². The second-order valence-electron chi connectivity index (χ2n) is 3.30. The van der Waals surface area contributed by atoms with Crippen LogP contribution in [0.3, 0.4) is 0 Å². The van der Waals surface area contributed by atoms with Crippen molar-refractivity contribution in [2.24, 2.45) is 0 Å². The molecule has 70 valence electrons. The van der Waals surface area contributed by atoms with E-state index in [1.807, 2.05) is 18.4 Å². The minimum absolute atomic E-state index is 0.169. The Morgan fingerprint density at radius 3 is 3.08 bits per heavy atom. The number of hydrogen-bond donors (Lipinski definition) is 0. The van der Waals surface area contributed by atoms with Crippen LogP contribution in [0.2, 0.25) is 0 Å². The van der Waals surface area contributed by atoms with Crippen molar-refractivity contribution in [1.82, 2.24) is 0 Å². The van der Waals surface area contributed by atoms with Crippen LogP contribution in [0.4, 0.5) is 0 Å². The average Bonchev–Trinajstić information content (AvgIpc) is 2.72. The van der Waals surface area contributed by atoms with Crippen LogP contribution in [0.15, 0.2) is 11.4 Å². The van der Waals surface area contributed by atoms with Gasteiger partial charge in [0.05, 0.1) is 4.88 Å². The highest BCUT2D eigenvalue weighted by Gasteiger charge is 2.26. The van der Waals surface area contributed by atoms with Gasteiger partial charge in [-0.25, -0.2) is 0 Å². The first kappa shape index (κ1) is 8.91. The summed E-state index contributed by atoms with van der Waals surface area (Å²) in [5.74, 6) is 0.171. The second kappa shape index (κ2) is 3.60. The predicted molar refractivity (Wildman–Crippen MR) is 52.4 cm³/mol. The zero-order chi connectivity index (χ0) is 9.26. The van der Waals surface area contributed by atoms with Crippen molar-refractivity contribution in [3.8, 4) is 0 Å². The Kier molecular flexibility index (Phi) is 2.47. The molecule has 0 bridgehead atoms. The number of hydrogen-bond acceptors (Lipinski definition) is 3. The van der Waals surface area contributed by atoms with Crippen LogP contribution < -0.4 is 0 Å². The zero-order valence-electron chi connectivity index (χ0n) is 7.58. The van der Waals surface area contributed by atoms with Crippen molar-refractivity contribution in [3.05, 3.63) is 21.9 Å². The quantitative estimate of drug-likeness (QED) is 0.679. The summed E-state index contributed by atoms with van der Waals surface area (Å²) >= 11 is 1.51. The molecule has 1 fully saturated rings. The van der Waals surface area contributed by atoms with E-state index in [-0.39, 0.29) is 11.9 Å². The molecule has 1 saturated heterocycles. The Morgan fingerprint density at radius 2 is 2.54 bits per heavy atom. The SMILES string of the molecule is Cc1ccsc1C(=O)C1CCCO1. The molecule has 0 spiro atoms. The number of Topliss-reactive ketones (excluding diaryl/α,β-unsaturated/α-hetero) is 1. The van der Waals surface area contributed by atoms with Gasteiger partial charge in [0.1, 0.15) is 6.10 Å². The number of aryl methyl sites for hydroxylation is 1. The van der Waals surface area contributed by atoms with Crippen LogP contribution in [0.25, 0.3) is 0 Å². The molecule has 2 heterocycles. The van der Waals surface area contributed by atoms with Crippen molar-refractivity contribution in [2.45, 2.75) is 25.9 Å². The number of rotatable bonds is 2. The van der Waals surface area contributed by atoms with Gasteiger partial charge in [0, 0.05) is 6.61 Å². The molecule has 2 nitrogen and oxygen atoms in total. The molecular weight excluding hydrogens is 184 g/mol. The largest absolute Gasteiger partial charge is 0.370 e. The molecule has 1 atom stereocenters. The lowest BCUT2D eigenvalue weighted by molar-refractivity contribution is 0.0646. The van der Waals surface area contributed by atoms with Gasteiger partial charge < -0.3 is 4.74 Å². The molecule has 0 aromatic carbocycles. The molecule has 3 heteroatoms. The van der Waals surface area contributed by atoms with Gasteiger partial charge in [-0.05, 0) is 36.8 Å². The normalized spacial score (nSPS) is 22.1. The van der Waals surface area contributed by atoms with E-state index in [0.29, 0.717) is 0 Å². The van der Waals surface area contributed by atoms with E-state index in [9.17, 15) is 4.79 Å². The van der Waals surface area contributed by atoms with Gasteiger partial charge in [-0.15, -0.1) is 11.3 Å². The lowest BCUT2D eigenvalue weighted by Gasteiger charge is -2.06.